The molecule has 0 unspecified atom stereocenters. The van der Waals surface area contributed by atoms with Gasteiger partial charge in [0.05, 0.1) is 28.8 Å². The number of hydrogen-bond donors (Lipinski definition) is 0. The average molecular weight is 448 g/mol. The summed E-state index contributed by atoms with van der Waals surface area (Å²) in [6, 6.07) is 9.20. The van der Waals surface area contributed by atoms with Crippen molar-refractivity contribution in [2.45, 2.75) is 6.18 Å². The van der Waals surface area contributed by atoms with Gasteiger partial charge in [-0.3, -0.25) is 14.5 Å². The number of aromatic nitrogens is 3. The first kappa shape index (κ1) is 20.7. The third-order valence-electron chi connectivity index (χ3n) is 4.76. The first-order chi connectivity index (χ1) is 14.6. The molecule has 0 bridgehead atoms. The van der Waals surface area contributed by atoms with Crippen LogP contribution in [0.25, 0.3) is 27.0 Å². The first-order valence-electron chi connectivity index (χ1n) is 8.77. The van der Waals surface area contributed by atoms with Crippen molar-refractivity contribution in [2.24, 2.45) is 7.05 Å². The summed E-state index contributed by atoms with van der Waals surface area (Å²) in [5, 5.41) is 12.8. The number of nitrogens with zero attached hydrogens (tertiary/aromatic N) is 3. The Balaban J connectivity index is 1.95. The largest absolute Gasteiger partial charge is 0.497 e. The fraction of sp³-hybridized carbons (Fsp3) is 0.150. The fourth-order valence-electron chi connectivity index (χ4n) is 3.22. The molecule has 2 aromatic heterocycles. The summed E-state index contributed by atoms with van der Waals surface area (Å²) < 4.78 is 50.4. The van der Waals surface area contributed by atoms with Gasteiger partial charge in [-0.25, -0.2) is 9.36 Å². The molecule has 31 heavy (non-hydrogen) atoms. The Hall–Kier alpha value is -3.60. The van der Waals surface area contributed by atoms with E-state index >= 15 is 0 Å². The van der Waals surface area contributed by atoms with E-state index in [9.17, 15) is 27.9 Å². The number of methoxy groups -OCH3 is 1. The molecule has 7 nitrogen and oxygen atoms in total. The minimum Gasteiger partial charge on any atom is -0.497 e. The quantitative estimate of drug-likeness (QED) is 0.474. The lowest BCUT2D eigenvalue weighted by Crippen LogP contribution is -2.40. The van der Waals surface area contributed by atoms with Crippen molar-refractivity contribution in [3.8, 4) is 28.4 Å². The minimum absolute atomic E-state index is 0.0589. The van der Waals surface area contributed by atoms with E-state index in [1.807, 2.05) is 0 Å². The molecule has 1 radical (unpaired) electrons. The number of alkyl halides is 3. The van der Waals surface area contributed by atoms with E-state index in [1.165, 1.54) is 37.4 Å². The predicted molar refractivity (Wildman–Crippen MR) is 108 cm³/mol. The molecule has 11 heteroatoms. The summed E-state index contributed by atoms with van der Waals surface area (Å²) in [5.74, 6) is 0.140. The maximum absolute atomic E-state index is 13.1. The second kappa shape index (κ2) is 7.27. The second-order valence-electron chi connectivity index (χ2n) is 6.62. The number of benzene rings is 2. The van der Waals surface area contributed by atoms with Crippen LogP contribution in [0.3, 0.4) is 0 Å². The van der Waals surface area contributed by atoms with Gasteiger partial charge in [-0.1, -0.05) is 0 Å². The molecule has 0 aliphatic carbocycles. The van der Waals surface area contributed by atoms with Crippen LogP contribution in [0, 0.1) is 0 Å². The van der Waals surface area contributed by atoms with Crippen LogP contribution in [0.2, 0.25) is 0 Å². The third-order valence-corrected chi connectivity index (χ3v) is 5.59. The van der Waals surface area contributed by atoms with Crippen LogP contribution in [0.1, 0.15) is 5.69 Å². The SMILES string of the molecule is COc1ccc([O])c(-c2nsc3ccc(-n4c(=O)cc(C(F)(F)F)n(C)c4=O)cc23)c1. The number of ether oxygens (including phenoxy) is 1. The van der Waals surface area contributed by atoms with Crippen molar-refractivity contribution < 1.29 is 23.0 Å². The molecule has 0 N–H and O–H groups in total. The van der Waals surface area contributed by atoms with Gasteiger partial charge in [0.1, 0.15) is 11.4 Å². The van der Waals surface area contributed by atoms with Crippen LogP contribution in [0.15, 0.2) is 52.1 Å². The second-order valence-corrected chi connectivity index (χ2v) is 7.42. The summed E-state index contributed by atoms with van der Waals surface area (Å²) >= 11 is 1.10. The summed E-state index contributed by atoms with van der Waals surface area (Å²) in [6.45, 7) is 0. The lowest BCUT2D eigenvalue weighted by Gasteiger charge is -2.14. The van der Waals surface area contributed by atoms with Crippen LogP contribution in [-0.4, -0.2) is 20.6 Å². The van der Waals surface area contributed by atoms with E-state index in [-0.39, 0.29) is 17.0 Å². The number of fused-ring (bicyclic) bond motifs is 1. The van der Waals surface area contributed by atoms with Crippen molar-refractivity contribution in [2.75, 3.05) is 7.11 Å². The Morgan fingerprint density at radius 1 is 1.06 bits per heavy atom. The Bertz CT molecular complexity index is 1440. The smallest absolute Gasteiger partial charge is 0.431 e. The van der Waals surface area contributed by atoms with Crippen molar-refractivity contribution >= 4 is 21.6 Å². The van der Waals surface area contributed by atoms with Gasteiger partial charge in [-0.05, 0) is 47.9 Å². The van der Waals surface area contributed by atoms with E-state index in [0.29, 0.717) is 36.7 Å². The van der Waals surface area contributed by atoms with Gasteiger partial charge in [0.2, 0.25) is 0 Å². The van der Waals surface area contributed by atoms with E-state index in [4.69, 9.17) is 4.74 Å². The van der Waals surface area contributed by atoms with Gasteiger partial charge in [0.15, 0.2) is 5.75 Å². The predicted octanol–water partition coefficient (Wildman–Crippen LogP) is 3.98. The summed E-state index contributed by atoms with van der Waals surface area (Å²) in [7, 11) is 2.39. The third kappa shape index (κ3) is 3.46. The number of rotatable bonds is 3. The van der Waals surface area contributed by atoms with Gasteiger partial charge in [0, 0.05) is 18.5 Å². The number of halogens is 3. The normalized spacial score (nSPS) is 11.8. The van der Waals surface area contributed by atoms with Crippen LogP contribution in [0.4, 0.5) is 13.2 Å². The van der Waals surface area contributed by atoms with E-state index in [0.717, 1.165) is 18.6 Å². The van der Waals surface area contributed by atoms with Crippen molar-refractivity contribution in [1.82, 2.24) is 13.5 Å². The molecule has 0 atom stereocenters. The zero-order valence-corrected chi connectivity index (χ0v) is 16.9. The molecule has 4 aromatic rings. The highest BCUT2D eigenvalue weighted by Gasteiger charge is 2.35. The molecular weight excluding hydrogens is 435 g/mol. The Morgan fingerprint density at radius 2 is 1.81 bits per heavy atom. The average Bonchev–Trinajstić information content (AvgIpc) is 3.13. The standard InChI is InChI=1S/C20H13F3N3O4S/c1-25-16(20(21,22)23)9-17(28)26(19(25)29)10-3-6-15-13(7-10)18(24-31-15)12-8-11(30-2)4-5-14(12)27/h3-9H,1-2H3. The van der Waals surface area contributed by atoms with Gasteiger partial charge in [0.25, 0.3) is 5.56 Å². The molecule has 4 rings (SSSR count). The molecule has 0 aliphatic rings. The zero-order valence-electron chi connectivity index (χ0n) is 16.1. The van der Waals surface area contributed by atoms with Crippen LogP contribution >= 0.6 is 11.5 Å². The van der Waals surface area contributed by atoms with E-state index in [1.54, 1.807) is 6.07 Å². The molecule has 2 heterocycles. The van der Waals surface area contributed by atoms with E-state index < -0.39 is 23.1 Å². The van der Waals surface area contributed by atoms with Crippen molar-refractivity contribution in [3.05, 3.63) is 69.0 Å². The Labute approximate surface area is 176 Å². The highest BCUT2D eigenvalue weighted by Crippen LogP contribution is 2.38. The molecule has 0 fully saturated rings. The topological polar surface area (TPSA) is 86.0 Å². The van der Waals surface area contributed by atoms with E-state index in [2.05, 4.69) is 4.37 Å². The van der Waals surface area contributed by atoms with Gasteiger partial charge < -0.3 is 4.74 Å². The van der Waals surface area contributed by atoms with Crippen LogP contribution in [0.5, 0.6) is 11.5 Å². The molecule has 0 spiro atoms. The molecule has 0 aliphatic heterocycles. The van der Waals surface area contributed by atoms with Crippen molar-refractivity contribution in [3.63, 3.8) is 0 Å². The fourth-order valence-corrected chi connectivity index (χ4v) is 3.99. The summed E-state index contributed by atoms with van der Waals surface area (Å²) in [4.78, 5) is 25.0. The maximum atomic E-state index is 13.1. The van der Waals surface area contributed by atoms with Gasteiger partial charge >= 0.3 is 11.9 Å². The molecule has 0 saturated carbocycles. The molecular formula is C20H13F3N3O4S. The molecule has 2 aromatic carbocycles. The van der Waals surface area contributed by atoms with Crippen molar-refractivity contribution in [1.29, 1.82) is 0 Å². The van der Waals surface area contributed by atoms with Crippen LogP contribution in [-0.2, 0) is 18.3 Å². The summed E-state index contributed by atoms with van der Waals surface area (Å²) in [6.07, 6.45) is -4.85. The Kier molecular flexibility index (Phi) is 4.85. The first-order valence-corrected chi connectivity index (χ1v) is 9.54. The minimum atomic E-state index is -4.85. The van der Waals surface area contributed by atoms with Crippen LogP contribution < -0.4 is 16.0 Å². The van der Waals surface area contributed by atoms with Gasteiger partial charge in [-0.2, -0.15) is 17.5 Å². The highest BCUT2D eigenvalue weighted by molar-refractivity contribution is 7.13. The monoisotopic (exact) mass is 448 g/mol. The highest BCUT2D eigenvalue weighted by atomic mass is 32.1. The molecule has 0 saturated heterocycles. The Morgan fingerprint density at radius 3 is 2.48 bits per heavy atom. The zero-order chi connectivity index (χ0) is 22.5. The van der Waals surface area contributed by atoms with Gasteiger partial charge in [-0.15, -0.1) is 0 Å². The molecule has 0 amide bonds. The maximum Gasteiger partial charge on any atom is 0.431 e. The lowest BCUT2D eigenvalue weighted by molar-refractivity contribution is -0.144. The lowest BCUT2D eigenvalue weighted by atomic mass is 10.1. The molecule has 159 valence electrons. The number of hydrogen-bond acceptors (Lipinski definition) is 5. The summed E-state index contributed by atoms with van der Waals surface area (Å²) in [5.41, 5.74) is -2.97.